The summed E-state index contributed by atoms with van der Waals surface area (Å²) >= 11 is 3.47. The minimum Gasteiger partial charge on any atom is -0.497 e. The Morgan fingerprint density at radius 1 is 1.28 bits per heavy atom. The zero-order valence-electron chi connectivity index (χ0n) is 14.5. The molecule has 0 saturated carbocycles. The largest absolute Gasteiger partial charge is 0.497 e. The van der Waals surface area contributed by atoms with Crippen LogP contribution in [-0.4, -0.2) is 49.1 Å². The van der Waals surface area contributed by atoms with E-state index in [1.807, 2.05) is 41.4 Å². The lowest BCUT2D eigenvalue weighted by Crippen LogP contribution is -2.46. The number of carbonyl (C=O) groups is 1. The van der Waals surface area contributed by atoms with Gasteiger partial charge in [0.1, 0.15) is 11.6 Å². The van der Waals surface area contributed by atoms with Gasteiger partial charge in [0.2, 0.25) is 0 Å². The number of hydrogen-bond donors (Lipinski definition) is 0. The van der Waals surface area contributed by atoms with Crippen molar-refractivity contribution in [1.82, 2.24) is 9.88 Å². The van der Waals surface area contributed by atoms with Gasteiger partial charge < -0.3 is 14.5 Å². The molecule has 0 atom stereocenters. The first-order valence-corrected chi connectivity index (χ1v) is 9.16. The van der Waals surface area contributed by atoms with Crippen LogP contribution in [0.5, 0.6) is 5.75 Å². The van der Waals surface area contributed by atoms with Gasteiger partial charge in [0.05, 0.1) is 12.7 Å². The molecule has 5 nitrogen and oxygen atoms in total. The number of carbonyl (C=O) groups excluding carboxylic acids is 1. The van der Waals surface area contributed by atoms with Crippen molar-refractivity contribution < 1.29 is 9.53 Å². The number of methoxy groups -OCH3 is 1. The van der Waals surface area contributed by atoms with Crippen molar-refractivity contribution in [2.24, 2.45) is 0 Å². The van der Waals surface area contributed by atoms with Crippen molar-refractivity contribution in [2.45, 2.75) is 18.9 Å². The molecule has 132 valence electrons. The smallest absolute Gasteiger partial charge is 0.255 e. The molecule has 25 heavy (non-hydrogen) atoms. The summed E-state index contributed by atoms with van der Waals surface area (Å²) in [6.07, 6.45) is 3.67. The Labute approximate surface area is 156 Å². The lowest BCUT2D eigenvalue weighted by molar-refractivity contribution is 0.0712. The van der Waals surface area contributed by atoms with E-state index in [1.165, 1.54) is 0 Å². The molecule has 0 spiro atoms. The topological polar surface area (TPSA) is 45.7 Å². The van der Waals surface area contributed by atoms with Crippen molar-refractivity contribution in [3.05, 3.63) is 52.6 Å². The van der Waals surface area contributed by atoms with Gasteiger partial charge in [-0.25, -0.2) is 4.98 Å². The third-order valence-electron chi connectivity index (χ3n) is 4.71. The molecule has 1 amide bonds. The van der Waals surface area contributed by atoms with E-state index in [0.717, 1.165) is 36.2 Å². The van der Waals surface area contributed by atoms with Crippen LogP contribution >= 0.6 is 15.9 Å². The zero-order valence-corrected chi connectivity index (χ0v) is 16.1. The van der Waals surface area contributed by atoms with E-state index in [-0.39, 0.29) is 5.91 Å². The van der Waals surface area contributed by atoms with Crippen LogP contribution < -0.4 is 9.64 Å². The molecule has 0 radical (unpaired) electrons. The van der Waals surface area contributed by atoms with E-state index in [0.29, 0.717) is 17.4 Å². The van der Waals surface area contributed by atoms with Gasteiger partial charge in [-0.15, -0.1) is 0 Å². The van der Waals surface area contributed by atoms with Crippen molar-refractivity contribution >= 4 is 27.7 Å². The summed E-state index contributed by atoms with van der Waals surface area (Å²) in [6.45, 7) is 1.48. The number of aromatic nitrogens is 1. The normalized spacial score (nSPS) is 15.1. The number of pyridine rings is 1. The van der Waals surface area contributed by atoms with Gasteiger partial charge in [0, 0.05) is 36.8 Å². The molecule has 6 heteroatoms. The maximum absolute atomic E-state index is 12.8. The number of halogens is 1. The number of benzene rings is 1. The Hall–Kier alpha value is -2.08. The molecule has 1 aliphatic heterocycles. The molecule has 0 bridgehead atoms. The van der Waals surface area contributed by atoms with E-state index in [2.05, 4.69) is 32.9 Å². The Morgan fingerprint density at radius 2 is 2.04 bits per heavy atom. The number of rotatable bonds is 4. The molecular weight excluding hydrogens is 382 g/mol. The first kappa shape index (κ1) is 17.7. The van der Waals surface area contributed by atoms with Crippen LogP contribution in [0, 0.1) is 0 Å². The monoisotopic (exact) mass is 403 g/mol. The summed E-state index contributed by atoms with van der Waals surface area (Å²) in [7, 11) is 3.68. The van der Waals surface area contributed by atoms with Crippen molar-refractivity contribution in [1.29, 1.82) is 0 Å². The first-order valence-electron chi connectivity index (χ1n) is 8.37. The third-order valence-corrected chi connectivity index (χ3v) is 5.41. The second-order valence-corrected chi connectivity index (χ2v) is 7.02. The van der Waals surface area contributed by atoms with Gasteiger partial charge in [-0.05, 0) is 59.1 Å². The molecule has 1 aliphatic rings. The molecule has 0 aliphatic carbocycles. The molecule has 1 fully saturated rings. The SMILES string of the molecule is COc1ccc(Br)c(C(=O)N2CCC(N(C)c3ccccn3)CC2)c1. The predicted molar refractivity (Wildman–Crippen MR) is 102 cm³/mol. The lowest BCUT2D eigenvalue weighted by atomic mass is 10.0. The van der Waals surface area contributed by atoms with Gasteiger partial charge in [0.15, 0.2) is 0 Å². The van der Waals surface area contributed by atoms with Crippen LogP contribution in [-0.2, 0) is 0 Å². The number of amides is 1. The Morgan fingerprint density at radius 3 is 2.68 bits per heavy atom. The average molecular weight is 404 g/mol. The second-order valence-electron chi connectivity index (χ2n) is 6.17. The van der Waals surface area contributed by atoms with E-state index in [4.69, 9.17) is 4.74 Å². The Balaban J connectivity index is 1.65. The average Bonchev–Trinajstić information content (AvgIpc) is 2.68. The van der Waals surface area contributed by atoms with Crippen LogP contribution in [0.4, 0.5) is 5.82 Å². The quantitative estimate of drug-likeness (QED) is 0.782. The zero-order chi connectivity index (χ0) is 17.8. The van der Waals surface area contributed by atoms with Gasteiger partial charge in [-0.1, -0.05) is 6.07 Å². The van der Waals surface area contributed by atoms with Crippen molar-refractivity contribution in [3.63, 3.8) is 0 Å². The molecule has 0 N–H and O–H groups in total. The minimum absolute atomic E-state index is 0.0460. The van der Waals surface area contributed by atoms with E-state index in [1.54, 1.807) is 13.2 Å². The van der Waals surface area contributed by atoms with Crippen LogP contribution in [0.25, 0.3) is 0 Å². The maximum Gasteiger partial charge on any atom is 0.255 e. The maximum atomic E-state index is 12.8. The van der Waals surface area contributed by atoms with E-state index in [9.17, 15) is 4.79 Å². The predicted octanol–water partition coefficient (Wildman–Crippen LogP) is 3.59. The highest BCUT2D eigenvalue weighted by molar-refractivity contribution is 9.10. The van der Waals surface area contributed by atoms with Gasteiger partial charge >= 0.3 is 0 Å². The summed E-state index contributed by atoms with van der Waals surface area (Å²) in [4.78, 5) is 21.4. The summed E-state index contributed by atoms with van der Waals surface area (Å²) in [5.41, 5.74) is 0.649. The molecule has 2 aromatic rings. The van der Waals surface area contributed by atoms with Crippen molar-refractivity contribution in [2.75, 3.05) is 32.1 Å². The summed E-state index contributed by atoms with van der Waals surface area (Å²) in [6, 6.07) is 11.8. The fourth-order valence-corrected chi connectivity index (χ4v) is 3.59. The highest BCUT2D eigenvalue weighted by Crippen LogP contribution is 2.26. The number of anilines is 1. The Bertz CT molecular complexity index is 731. The summed E-state index contributed by atoms with van der Waals surface area (Å²) < 4.78 is 6.04. The van der Waals surface area contributed by atoms with Crippen LogP contribution in [0.1, 0.15) is 23.2 Å². The second kappa shape index (κ2) is 7.87. The molecule has 2 heterocycles. The number of likely N-dealkylation sites (tertiary alicyclic amines) is 1. The number of nitrogens with zero attached hydrogens (tertiary/aromatic N) is 3. The Kier molecular flexibility index (Phi) is 5.58. The standard InChI is InChI=1S/C19H22BrN3O2/c1-22(18-5-3-4-10-21-18)14-8-11-23(12-9-14)19(24)16-13-15(25-2)6-7-17(16)20/h3-7,10,13-14H,8-9,11-12H2,1-2H3. The summed E-state index contributed by atoms with van der Waals surface area (Å²) in [5.74, 6) is 1.71. The fraction of sp³-hybridized carbons (Fsp3) is 0.368. The molecule has 3 rings (SSSR count). The van der Waals surface area contributed by atoms with Crippen LogP contribution in [0.3, 0.4) is 0 Å². The van der Waals surface area contributed by atoms with Gasteiger partial charge in [0.25, 0.3) is 5.91 Å². The van der Waals surface area contributed by atoms with Crippen molar-refractivity contribution in [3.8, 4) is 5.75 Å². The highest BCUT2D eigenvalue weighted by atomic mass is 79.9. The van der Waals surface area contributed by atoms with Crippen LogP contribution in [0.15, 0.2) is 47.1 Å². The van der Waals surface area contributed by atoms with Gasteiger partial charge in [-0.2, -0.15) is 0 Å². The highest BCUT2D eigenvalue weighted by Gasteiger charge is 2.27. The van der Waals surface area contributed by atoms with Gasteiger partial charge in [-0.3, -0.25) is 4.79 Å². The third kappa shape index (κ3) is 3.95. The number of hydrogen-bond acceptors (Lipinski definition) is 4. The van der Waals surface area contributed by atoms with Crippen LogP contribution in [0.2, 0.25) is 0 Å². The van der Waals surface area contributed by atoms with E-state index < -0.39 is 0 Å². The number of piperidine rings is 1. The molecule has 1 saturated heterocycles. The molecule has 0 unspecified atom stereocenters. The first-order chi connectivity index (χ1) is 12.1. The van der Waals surface area contributed by atoms with E-state index >= 15 is 0 Å². The minimum atomic E-state index is 0.0460. The molecule has 1 aromatic heterocycles. The lowest BCUT2D eigenvalue weighted by Gasteiger charge is -2.37. The number of ether oxygens (including phenoxy) is 1. The molecular formula is C19H22BrN3O2. The fourth-order valence-electron chi connectivity index (χ4n) is 3.17. The molecule has 1 aromatic carbocycles. The summed E-state index contributed by atoms with van der Waals surface area (Å²) in [5, 5.41) is 0.